The number of aliphatic imine (C=N–C) groups is 1. The first-order valence-electron chi connectivity index (χ1n) is 10.5. The first-order valence-corrected chi connectivity index (χ1v) is 10.5. The Morgan fingerprint density at radius 2 is 1.77 bits per heavy atom. The normalized spacial score (nSPS) is 12.5. The molecule has 0 unspecified atom stereocenters. The van der Waals surface area contributed by atoms with Crippen LogP contribution in [-0.4, -0.2) is 31.7 Å². The van der Waals surface area contributed by atoms with Crippen molar-refractivity contribution in [2.45, 2.75) is 39.7 Å². The summed E-state index contributed by atoms with van der Waals surface area (Å²) in [5.74, 6) is 2.43. The summed E-state index contributed by atoms with van der Waals surface area (Å²) in [4.78, 5) is 16.3. The number of carbonyl (C=O) groups excluding carboxylic acids is 1. The van der Waals surface area contributed by atoms with Crippen LogP contribution in [0.2, 0.25) is 0 Å². The molecule has 0 radical (unpaired) electrons. The molecule has 2 aromatic carbocycles. The number of hydrogen-bond donors (Lipinski definition) is 3. The summed E-state index contributed by atoms with van der Waals surface area (Å²) >= 11 is 0. The number of amides is 1. The third-order valence-corrected chi connectivity index (χ3v) is 4.62. The second-order valence-electron chi connectivity index (χ2n) is 7.05. The Morgan fingerprint density at radius 3 is 2.53 bits per heavy atom. The molecule has 1 heterocycles. The zero-order valence-corrected chi connectivity index (χ0v) is 17.7. The van der Waals surface area contributed by atoms with Gasteiger partial charge in [0, 0.05) is 25.2 Å². The van der Waals surface area contributed by atoms with Crippen LogP contribution in [0.15, 0.2) is 47.5 Å². The molecule has 0 saturated heterocycles. The van der Waals surface area contributed by atoms with E-state index in [1.807, 2.05) is 50.2 Å². The van der Waals surface area contributed by atoms with Crippen LogP contribution in [0.25, 0.3) is 0 Å². The molecule has 0 fully saturated rings. The fourth-order valence-electron chi connectivity index (χ4n) is 3.08. The monoisotopic (exact) mass is 410 g/mol. The molecule has 0 spiro atoms. The highest BCUT2D eigenvalue weighted by Gasteiger charge is 2.13. The molecule has 0 aliphatic carbocycles. The van der Waals surface area contributed by atoms with Gasteiger partial charge in [-0.2, -0.15) is 0 Å². The third-order valence-electron chi connectivity index (χ3n) is 4.62. The molecule has 1 aliphatic rings. The Bertz CT molecular complexity index is 865. The second kappa shape index (κ2) is 11.1. The Hall–Kier alpha value is -3.22. The summed E-state index contributed by atoms with van der Waals surface area (Å²) in [7, 11) is 0. The summed E-state index contributed by atoms with van der Waals surface area (Å²) in [5, 5.41) is 9.54. The lowest BCUT2D eigenvalue weighted by molar-refractivity contribution is -0.116. The van der Waals surface area contributed by atoms with Crippen molar-refractivity contribution < 1.29 is 14.3 Å². The van der Waals surface area contributed by atoms with Crippen LogP contribution in [0.5, 0.6) is 11.5 Å². The minimum absolute atomic E-state index is 0.0457. The minimum atomic E-state index is 0.0457. The molecule has 30 heavy (non-hydrogen) atoms. The van der Waals surface area contributed by atoms with Gasteiger partial charge in [0.2, 0.25) is 12.7 Å². The summed E-state index contributed by atoms with van der Waals surface area (Å²) < 4.78 is 10.8. The van der Waals surface area contributed by atoms with E-state index in [0.29, 0.717) is 19.8 Å². The molecule has 1 amide bonds. The molecule has 3 rings (SSSR count). The third kappa shape index (κ3) is 6.40. The maximum absolute atomic E-state index is 11.7. The molecule has 0 saturated carbocycles. The zero-order chi connectivity index (χ0) is 21.2. The second-order valence-corrected chi connectivity index (χ2v) is 7.05. The van der Waals surface area contributed by atoms with Gasteiger partial charge in [-0.25, -0.2) is 4.99 Å². The Morgan fingerprint density at radius 1 is 1.00 bits per heavy atom. The quantitative estimate of drug-likeness (QED) is 0.436. The van der Waals surface area contributed by atoms with E-state index in [9.17, 15) is 4.79 Å². The number of rotatable bonds is 9. The van der Waals surface area contributed by atoms with Crippen molar-refractivity contribution in [1.82, 2.24) is 10.6 Å². The van der Waals surface area contributed by atoms with E-state index in [1.165, 1.54) is 5.56 Å². The summed E-state index contributed by atoms with van der Waals surface area (Å²) in [5.41, 5.74) is 3.08. The number of anilines is 1. The molecule has 0 atom stereocenters. The van der Waals surface area contributed by atoms with Crippen molar-refractivity contribution in [3.63, 3.8) is 0 Å². The lowest BCUT2D eigenvalue weighted by Crippen LogP contribution is -2.38. The Kier molecular flexibility index (Phi) is 7.94. The maximum atomic E-state index is 11.7. The fourth-order valence-corrected chi connectivity index (χ4v) is 3.08. The predicted molar refractivity (Wildman–Crippen MR) is 119 cm³/mol. The highest BCUT2D eigenvalue weighted by Crippen LogP contribution is 2.32. The highest BCUT2D eigenvalue weighted by atomic mass is 16.7. The van der Waals surface area contributed by atoms with E-state index in [0.717, 1.165) is 54.6 Å². The van der Waals surface area contributed by atoms with Crippen LogP contribution in [0.4, 0.5) is 5.69 Å². The van der Waals surface area contributed by atoms with Crippen LogP contribution in [-0.2, 0) is 17.8 Å². The molecule has 2 aromatic rings. The number of fused-ring (bicyclic) bond motifs is 1. The number of carbonyl (C=O) groups is 1. The van der Waals surface area contributed by atoms with Gasteiger partial charge in [0.1, 0.15) is 0 Å². The summed E-state index contributed by atoms with van der Waals surface area (Å²) in [6, 6.07) is 13.8. The fraction of sp³-hybridized carbons (Fsp3) is 0.391. The first kappa shape index (κ1) is 21.5. The van der Waals surface area contributed by atoms with Crippen molar-refractivity contribution >= 4 is 17.6 Å². The van der Waals surface area contributed by atoms with Gasteiger partial charge in [0.05, 0.1) is 6.54 Å². The summed E-state index contributed by atoms with van der Waals surface area (Å²) in [6.07, 6.45) is 2.23. The van der Waals surface area contributed by atoms with Crippen LogP contribution in [0, 0.1) is 0 Å². The maximum Gasteiger partial charge on any atom is 0.231 e. The van der Waals surface area contributed by atoms with Crippen LogP contribution < -0.4 is 25.4 Å². The van der Waals surface area contributed by atoms with Crippen molar-refractivity contribution in [3.05, 3.63) is 53.6 Å². The van der Waals surface area contributed by atoms with Gasteiger partial charge in [-0.15, -0.1) is 0 Å². The van der Waals surface area contributed by atoms with Gasteiger partial charge < -0.3 is 25.4 Å². The van der Waals surface area contributed by atoms with Crippen LogP contribution >= 0.6 is 0 Å². The van der Waals surface area contributed by atoms with Gasteiger partial charge in [0.25, 0.3) is 0 Å². The molecule has 0 bridgehead atoms. The predicted octanol–water partition coefficient (Wildman–Crippen LogP) is 3.45. The topological polar surface area (TPSA) is 84.0 Å². The number of hydrogen-bond acceptors (Lipinski definition) is 4. The number of nitrogens with zero attached hydrogens (tertiary/aromatic N) is 1. The van der Waals surface area contributed by atoms with Crippen LogP contribution in [0.3, 0.4) is 0 Å². The molecule has 160 valence electrons. The van der Waals surface area contributed by atoms with E-state index in [2.05, 4.69) is 27.0 Å². The molecule has 3 N–H and O–H groups in total. The molecular weight excluding hydrogens is 380 g/mol. The smallest absolute Gasteiger partial charge is 0.231 e. The van der Waals surface area contributed by atoms with Gasteiger partial charge in [-0.05, 0) is 55.2 Å². The number of guanidine groups is 1. The van der Waals surface area contributed by atoms with Gasteiger partial charge >= 0.3 is 0 Å². The SMILES string of the molecule is CCCC(=O)Nc1ccc(CN=C(NCC)NCCc2ccc3c(c2)OCO3)cc1. The number of benzene rings is 2. The lowest BCUT2D eigenvalue weighted by atomic mass is 10.1. The van der Waals surface area contributed by atoms with Crippen molar-refractivity contribution in [1.29, 1.82) is 0 Å². The van der Waals surface area contributed by atoms with Gasteiger partial charge in [-0.3, -0.25) is 4.79 Å². The lowest BCUT2D eigenvalue weighted by Gasteiger charge is -2.12. The molecular formula is C23H30N4O3. The average molecular weight is 411 g/mol. The van der Waals surface area contributed by atoms with Gasteiger partial charge in [-0.1, -0.05) is 25.1 Å². The van der Waals surface area contributed by atoms with E-state index < -0.39 is 0 Å². The van der Waals surface area contributed by atoms with Crippen LogP contribution in [0.1, 0.15) is 37.8 Å². The van der Waals surface area contributed by atoms with E-state index in [1.54, 1.807) is 0 Å². The van der Waals surface area contributed by atoms with Gasteiger partial charge in [0.15, 0.2) is 17.5 Å². The Balaban J connectivity index is 1.49. The van der Waals surface area contributed by atoms with E-state index in [-0.39, 0.29) is 5.91 Å². The van der Waals surface area contributed by atoms with Crippen molar-refractivity contribution in [3.8, 4) is 11.5 Å². The minimum Gasteiger partial charge on any atom is -0.454 e. The van der Waals surface area contributed by atoms with Crippen molar-refractivity contribution in [2.24, 2.45) is 4.99 Å². The molecule has 7 heteroatoms. The zero-order valence-electron chi connectivity index (χ0n) is 17.7. The average Bonchev–Trinajstić information content (AvgIpc) is 3.21. The summed E-state index contributed by atoms with van der Waals surface area (Å²) in [6.45, 7) is 6.43. The standard InChI is InChI=1S/C23H30N4O3/c1-3-5-22(28)27-19-9-6-18(7-10-19)15-26-23(24-4-2)25-13-12-17-8-11-20-21(14-17)30-16-29-20/h6-11,14H,3-5,12-13,15-16H2,1-2H3,(H,27,28)(H2,24,25,26). The Labute approximate surface area is 177 Å². The molecule has 7 nitrogen and oxygen atoms in total. The first-order chi connectivity index (χ1) is 14.7. The number of nitrogens with one attached hydrogen (secondary N) is 3. The van der Waals surface area contributed by atoms with Crippen molar-refractivity contribution in [2.75, 3.05) is 25.2 Å². The van der Waals surface area contributed by atoms with E-state index in [4.69, 9.17) is 9.47 Å². The molecule has 0 aromatic heterocycles. The number of ether oxygens (including phenoxy) is 2. The molecule has 1 aliphatic heterocycles. The largest absolute Gasteiger partial charge is 0.454 e. The van der Waals surface area contributed by atoms with E-state index >= 15 is 0 Å². The highest BCUT2D eigenvalue weighted by molar-refractivity contribution is 5.90.